The second-order valence-electron chi connectivity index (χ2n) is 5.58. The van der Waals surface area contributed by atoms with E-state index in [9.17, 15) is 9.59 Å². The Kier molecular flexibility index (Phi) is 7.59. The number of hydrogen-bond donors (Lipinski definition) is 1. The number of alkyl halides is 3. The molecule has 5 atom stereocenters. The molecule has 10 heteroatoms. The van der Waals surface area contributed by atoms with Gasteiger partial charge in [-0.15, -0.1) is 0 Å². The molecule has 138 valence electrons. The molecule has 1 fully saturated rings. The number of nitrogens with one attached hydrogen (secondary N) is 1. The zero-order chi connectivity index (χ0) is 18.7. The summed E-state index contributed by atoms with van der Waals surface area (Å²) in [5.74, 6) is -1.98. The lowest BCUT2D eigenvalue weighted by molar-refractivity contribution is -0.258. The minimum atomic E-state index is -2.08. The summed E-state index contributed by atoms with van der Waals surface area (Å²) in [6.45, 7) is 6.22. The summed E-state index contributed by atoms with van der Waals surface area (Å²) in [5, 5.41) is 7.68. The van der Waals surface area contributed by atoms with Crippen molar-refractivity contribution < 1.29 is 28.5 Å². The Morgan fingerprint density at radius 1 is 1.08 bits per heavy atom. The smallest absolute Gasteiger partial charge is 0.303 e. The summed E-state index contributed by atoms with van der Waals surface area (Å²) in [6, 6.07) is 0. The van der Waals surface area contributed by atoms with E-state index in [1.165, 1.54) is 13.8 Å². The molecule has 0 saturated carbocycles. The van der Waals surface area contributed by atoms with Crippen LogP contribution in [0.15, 0.2) is 0 Å². The molecule has 0 amide bonds. The van der Waals surface area contributed by atoms with Gasteiger partial charge in [0.2, 0.25) is 12.2 Å². The third-order valence-corrected chi connectivity index (χ3v) is 4.27. The van der Waals surface area contributed by atoms with Crippen LogP contribution in [0.2, 0.25) is 0 Å². The number of carbonyl (C=O) groups excluding carboxylic acids is 2. The van der Waals surface area contributed by atoms with Gasteiger partial charge in [-0.2, -0.15) is 0 Å². The fraction of sp³-hybridized carbons (Fsp3) is 0.786. The summed E-state index contributed by atoms with van der Waals surface area (Å²) >= 11 is 16.8. The molecule has 0 radical (unpaired) electrons. The van der Waals surface area contributed by atoms with Crippen LogP contribution in [0.1, 0.15) is 27.7 Å². The lowest BCUT2D eigenvalue weighted by atomic mass is 9.83. The predicted octanol–water partition coefficient (Wildman–Crippen LogP) is 2.84. The maximum Gasteiger partial charge on any atom is 0.303 e. The van der Waals surface area contributed by atoms with Crippen LogP contribution in [0.4, 0.5) is 0 Å². The van der Waals surface area contributed by atoms with E-state index in [1.807, 2.05) is 13.8 Å². The summed E-state index contributed by atoms with van der Waals surface area (Å²) in [7, 11) is 0. The first-order chi connectivity index (χ1) is 10.9. The average molecular weight is 405 g/mol. The van der Waals surface area contributed by atoms with Crippen LogP contribution in [0, 0.1) is 17.2 Å². The Labute approximate surface area is 155 Å². The molecule has 1 saturated heterocycles. The van der Waals surface area contributed by atoms with Crippen LogP contribution in [-0.4, -0.2) is 46.7 Å². The predicted molar refractivity (Wildman–Crippen MR) is 88.3 cm³/mol. The molecule has 3 unspecified atom stereocenters. The summed E-state index contributed by atoms with van der Waals surface area (Å²) < 4.78 is 19.1. The van der Waals surface area contributed by atoms with E-state index in [4.69, 9.17) is 59.2 Å². The largest absolute Gasteiger partial charge is 0.463 e. The van der Waals surface area contributed by atoms with Crippen LogP contribution < -0.4 is 0 Å². The van der Waals surface area contributed by atoms with Crippen molar-refractivity contribution in [3.63, 3.8) is 0 Å². The van der Waals surface area contributed by atoms with Crippen molar-refractivity contribution in [1.82, 2.24) is 0 Å². The normalized spacial score (nSPS) is 30.4. The maximum atomic E-state index is 11.4. The van der Waals surface area contributed by atoms with Crippen LogP contribution >= 0.6 is 34.8 Å². The van der Waals surface area contributed by atoms with Crippen LogP contribution in [0.5, 0.6) is 0 Å². The van der Waals surface area contributed by atoms with Crippen LogP contribution in [0.25, 0.3) is 0 Å². The molecule has 0 aromatic rings. The SMILES string of the molecule is CC(=O)OCC1OC(OC(=N)C(Cl)(Cl)Cl)[C@@H](OC(C)=O)C(C)[C@@H]1C. The third kappa shape index (κ3) is 5.95. The monoisotopic (exact) mass is 403 g/mol. The van der Waals surface area contributed by atoms with Gasteiger partial charge in [-0.25, -0.2) is 0 Å². The number of halogens is 3. The molecular weight excluding hydrogens is 385 g/mol. The van der Waals surface area contributed by atoms with Crippen molar-refractivity contribution in [2.75, 3.05) is 6.61 Å². The molecule has 0 bridgehead atoms. The average Bonchev–Trinajstić information content (AvgIpc) is 2.43. The Bertz CT molecular complexity index is 493. The first-order valence-electron chi connectivity index (χ1n) is 7.22. The van der Waals surface area contributed by atoms with E-state index >= 15 is 0 Å². The minimum Gasteiger partial charge on any atom is -0.463 e. The summed E-state index contributed by atoms with van der Waals surface area (Å²) in [4.78, 5) is 22.4. The first kappa shape index (κ1) is 21.3. The van der Waals surface area contributed by atoms with Gasteiger partial charge in [0, 0.05) is 19.8 Å². The van der Waals surface area contributed by atoms with E-state index in [2.05, 4.69) is 0 Å². The van der Waals surface area contributed by atoms with Gasteiger partial charge < -0.3 is 18.9 Å². The van der Waals surface area contributed by atoms with Crippen LogP contribution in [-0.2, 0) is 28.5 Å². The first-order valence-corrected chi connectivity index (χ1v) is 8.35. The highest BCUT2D eigenvalue weighted by Gasteiger charge is 2.46. The Hall–Kier alpha value is -0.760. The molecule has 7 nitrogen and oxygen atoms in total. The Morgan fingerprint density at radius 2 is 1.67 bits per heavy atom. The number of carbonyl (C=O) groups is 2. The Morgan fingerprint density at radius 3 is 2.12 bits per heavy atom. The number of esters is 2. The van der Waals surface area contributed by atoms with E-state index in [0.717, 1.165) is 0 Å². The van der Waals surface area contributed by atoms with Gasteiger partial charge in [0.1, 0.15) is 6.61 Å². The quantitative estimate of drug-likeness (QED) is 0.335. The van der Waals surface area contributed by atoms with Crippen molar-refractivity contribution in [2.45, 2.75) is 50.0 Å². The second-order valence-corrected chi connectivity index (χ2v) is 7.86. The molecule has 0 aromatic carbocycles. The van der Waals surface area contributed by atoms with Gasteiger partial charge in [0.15, 0.2) is 6.10 Å². The van der Waals surface area contributed by atoms with E-state index in [-0.39, 0.29) is 18.4 Å². The molecule has 0 aromatic heterocycles. The number of hydrogen-bond acceptors (Lipinski definition) is 7. The molecule has 1 N–H and O–H groups in total. The number of ether oxygens (including phenoxy) is 4. The van der Waals surface area contributed by atoms with Crippen molar-refractivity contribution in [3.05, 3.63) is 0 Å². The highest BCUT2D eigenvalue weighted by atomic mass is 35.6. The molecule has 1 heterocycles. The second kappa shape index (κ2) is 8.56. The van der Waals surface area contributed by atoms with Crippen LogP contribution in [0.3, 0.4) is 0 Å². The van der Waals surface area contributed by atoms with Gasteiger partial charge in [0.05, 0.1) is 6.10 Å². The molecule has 1 aliphatic heterocycles. The zero-order valence-corrected chi connectivity index (χ0v) is 15.9. The van der Waals surface area contributed by atoms with Gasteiger partial charge in [-0.1, -0.05) is 48.7 Å². The molecular formula is C14H20Cl3NO6. The molecule has 24 heavy (non-hydrogen) atoms. The lowest BCUT2D eigenvalue weighted by Gasteiger charge is -2.43. The topological polar surface area (TPSA) is 94.9 Å². The summed E-state index contributed by atoms with van der Waals surface area (Å²) in [5.41, 5.74) is 0. The van der Waals surface area contributed by atoms with Crippen molar-refractivity contribution in [1.29, 1.82) is 5.41 Å². The molecule has 1 aliphatic rings. The van der Waals surface area contributed by atoms with Gasteiger partial charge >= 0.3 is 11.9 Å². The minimum absolute atomic E-state index is 0.00536. The highest BCUT2D eigenvalue weighted by Crippen LogP contribution is 2.36. The third-order valence-electron chi connectivity index (χ3n) is 3.76. The molecule has 0 spiro atoms. The summed E-state index contributed by atoms with van der Waals surface area (Å²) in [6.07, 6.45) is -2.49. The maximum absolute atomic E-state index is 11.4. The van der Waals surface area contributed by atoms with Crippen molar-refractivity contribution >= 4 is 52.6 Å². The molecule has 0 aliphatic carbocycles. The standard InChI is InChI=1S/C14H20Cl3NO6/c1-6-7(2)11(22-9(4)20)12(24-13(18)14(15,16)17)23-10(6)5-21-8(3)19/h6-7,10-12,18H,5H2,1-4H3/t6-,7?,10?,11-,12?/m0/s1. The van der Waals surface area contributed by atoms with Gasteiger partial charge in [-0.05, 0) is 5.92 Å². The van der Waals surface area contributed by atoms with Crippen molar-refractivity contribution in [2.24, 2.45) is 11.8 Å². The van der Waals surface area contributed by atoms with Crippen molar-refractivity contribution in [3.8, 4) is 0 Å². The van der Waals surface area contributed by atoms with E-state index in [1.54, 1.807) is 0 Å². The van der Waals surface area contributed by atoms with Gasteiger partial charge in [0.25, 0.3) is 3.79 Å². The van der Waals surface area contributed by atoms with E-state index < -0.39 is 40.1 Å². The fourth-order valence-electron chi connectivity index (χ4n) is 2.28. The van der Waals surface area contributed by atoms with Gasteiger partial charge in [-0.3, -0.25) is 15.0 Å². The lowest BCUT2D eigenvalue weighted by Crippen LogP contribution is -2.54. The fourth-order valence-corrected chi connectivity index (χ4v) is 2.42. The van der Waals surface area contributed by atoms with E-state index in [0.29, 0.717) is 0 Å². The highest BCUT2D eigenvalue weighted by molar-refractivity contribution is 6.76. The zero-order valence-electron chi connectivity index (χ0n) is 13.7. The Balaban J connectivity index is 2.95. The molecule has 1 rings (SSSR count). The number of rotatable bonds is 4.